The first-order valence-corrected chi connectivity index (χ1v) is 11.0. The summed E-state index contributed by atoms with van der Waals surface area (Å²) in [6, 6.07) is 17.7. The zero-order valence-electron chi connectivity index (χ0n) is 14.1. The van der Waals surface area contributed by atoms with Gasteiger partial charge in [0.25, 0.3) is 0 Å². The Morgan fingerprint density at radius 2 is 1.85 bits per heavy atom. The Bertz CT molecular complexity index is 854. The molecule has 0 aliphatic carbocycles. The molecular weight excluding hydrogens is 384 g/mol. The molecular formula is C18H18N4OS3. The third kappa shape index (κ3) is 5.48. The van der Waals surface area contributed by atoms with Crippen LogP contribution in [0.25, 0.3) is 0 Å². The third-order valence-electron chi connectivity index (χ3n) is 3.37. The lowest BCUT2D eigenvalue weighted by Gasteiger charge is -2.08. The molecule has 8 heteroatoms. The molecule has 3 aromatic rings. The minimum absolute atomic E-state index is 0.00569. The van der Waals surface area contributed by atoms with Gasteiger partial charge >= 0.3 is 0 Å². The molecule has 0 radical (unpaired) electrons. The Hall–Kier alpha value is -2.03. The number of anilines is 3. The standard InChI is InChI=1S/C18H18N4OS3/c1-24-15-10-6-5-9-14(15)20-16(23)11-12-25-18-22-21-17(26-18)19-13-7-3-2-4-8-13/h2-10H,11-12H2,1H3,(H,19,21)(H,20,23). The fraction of sp³-hybridized carbons (Fsp3) is 0.167. The van der Waals surface area contributed by atoms with Crippen molar-refractivity contribution in [3.63, 3.8) is 0 Å². The number of thioether (sulfide) groups is 2. The van der Waals surface area contributed by atoms with Crippen LogP contribution in [-0.4, -0.2) is 28.1 Å². The van der Waals surface area contributed by atoms with Gasteiger partial charge in [-0.3, -0.25) is 4.79 Å². The second kappa shape index (κ2) is 9.61. The summed E-state index contributed by atoms with van der Waals surface area (Å²) in [7, 11) is 0. The van der Waals surface area contributed by atoms with E-state index in [-0.39, 0.29) is 5.91 Å². The Kier molecular flexibility index (Phi) is 6.93. The summed E-state index contributed by atoms with van der Waals surface area (Å²) in [5.74, 6) is 0.666. The molecule has 0 aliphatic rings. The van der Waals surface area contributed by atoms with Gasteiger partial charge in [-0.25, -0.2) is 0 Å². The van der Waals surface area contributed by atoms with Gasteiger partial charge in [-0.1, -0.05) is 53.4 Å². The summed E-state index contributed by atoms with van der Waals surface area (Å²) in [6.45, 7) is 0. The molecule has 0 unspecified atom stereocenters. The second-order valence-electron chi connectivity index (χ2n) is 5.21. The van der Waals surface area contributed by atoms with Crippen molar-refractivity contribution in [1.82, 2.24) is 10.2 Å². The summed E-state index contributed by atoms with van der Waals surface area (Å²) in [5, 5.41) is 15.2. The van der Waals surface area contributed by atoms with Gasteiger partial charge in [0.05, 0.1) is 5.69 Å². The predicted octanol–water partition coefficient (Wildman–Crippen LogP) is 5.12. The lowest BCUT2D eigenvalue weighted by molar-refractivity contribution is -0.115. The van der Waals surface area contributed by atoms with Gasteiger partial charge in [0.2, 0.25) is 11.0 Å². The topological polar surface area (TPSA) is 66.9 Å². The van der Waals surface area contributed by atoms with E-state index in [9.17, 15) is 4.79 Å². The number of para-hydroxylation sites is 2. The highest BCUT2D eigenvalue weighted by Crippen LogP contribution is 2.28. The number of carbonyl (C=O) groups excluding carboxylic acids is 1. The van der Waals surface area contributed by atoms with Crippen LogP contribution >= 0.6 is 34.9 Å². The molecule has 0 spiro atoms. The van der Waals surface area contributed by atoms with Crippen LogP contribution in [0.2, 0.25) is 0 Å². The van der Waals surface area contributed by atoms with E-state index >= 15 is 0 Å². The van der Waals surface area contributed by atoms with E-state index in [4.69, 9.17) is 0 Å². The summed E-state index contributed by atoms with van der Waals surface area (Å²) < 4.78 is 0.848. The van der Waals surface area contributed by atoms with Crippen LogP contribution in [0.1, 0.15) is 6.42 Å². The van der Waals surface area contributed by atoms with E-state index in [1.807, 2.05) is 60.9 Å². The lowest BCUT2D eigenvalue weighted by atomic mass is 10.3. The second-order valence-corrected chi connectivity index (χ2v) is 8.38. The minimum atomic E-state index is 0.00569. The van der Waals surface area contributed by atoms with E-state index in [0.29, 0.717) is 12.2 Å². The summed E-state index contributed by atoms with van der Waals surface area (Å²) in [5.41, 5.74) is 1.84. The van der Waals surface area contributed by atoms with E-state index in [1.165, 1.54) is 23.1 Å². The molecule has 0 fully saturated rings. The molecule has 0 atom stereocenters. The van der Waals surface area contributed by atoms with Crippen molar-refractivity contribution >= 4 is 57.3 Å². The number of benzene rings is 2. The van der Waals surface area contributed by atoms with Crippen LogP contribution in [-0.2, 0) is 4.79 Å². The molecule has 0 saturated heterocycles. The third-order valence-corrected chi connectivity index (χ3v) is 6.14. The molecule has 134 valence electrons. The monoisotopic (exact) mass is 402 g/mol. The van der Waals surface area contributed by atoms with Crippen molar-refractivity contribution in [3.8, 4) is 0 Å². The first-order valence-electron chi connectivity index (χ1n) is 7.96. The molecule has 2 N–H and O–H groups in total. The highest BCUT2D eigenvalue weighted by Gasteiger charge is 2.09. The fourth-order valence-electron chi connectivity index (χ4n) is 2.16. The molecule has 26 heavy (non-hydrogen) atoms. The van der Waals surface area contributed by atoms with Crippen molar-refractivity contribution in [2.24, 2.45) is 0 Å². The predicted molar refractivity (Wildman–Crippen MR) is 112 cm³/mol. The normalized spacial score (nSPS) is 10.5. The van der Waals surface area contributed by atoms with E-state index in [0.717, 1.165) is 25.7 Å². The van der Waals surface area contributed by atoms with Crippen molar-refractivity contribution in [2.45, 2.75) is 15.7 Å². The van der Waals surface area contributed by atoms with Crippen LogP contribution < -0.4 is 10.6 Å². The molecule has 5 nitrogen and oxygen atoms in total. The molecule has 0 saturated carbocycles. The van der Waals surface area contributed by atoms with E-state index in [1.54, 1.807) is 11.8 Å². The van der Waals surface area contributed by atoms with Gasteiger partial charge in [-0.2, -0.15) is 0 Å². The smallest absolute Gasteiger partial charge is 0.225 e. The Labute approximate surface area is 165 Å². The Morgan fingerprint density at radius 3 is 2.65 bits per heavy atom. The zero-order chi connectivity index (χ0) is 18.2. The van der Waals surface area contributed by atoms with E-state index < -0.39 is 0 Å². The van der Waals surface area contributed by atoms with Crippen LogP contribution in [0, 0.1) is 0 Å². The highest BCUT2D eigenvalue weighted by atomic mass is 32.2. The van der Waals surface area contributed by atoms with E-state index in [2.05, 4.69) is 20.8 Å². The van der Waals surface area contributed by atoms with Crippen LogP contribution in [0.4, 0.5) is 16.5 Å². The first-order chi connectivity index (χ1) is 12.7. The molecule has 1 aromatic heterocycles. The summed E-state index contributed by atoms with van der Waals surface area (Å²) in [4.78, 5) is 13.2. The number of aromatic nitrogens is 2. The minimum Gasteiger partial charge on any atom is -0.330 e. The lowest BCUT2D eigenvalue weighted by Crippen LogP contribution is -2.12. The Balaban J connectivity index is 1.45. The average molecular weight is 403 g/mol. The van der Waals surface area contributed by atoms with Crippen molar-refractivity contribution in [1.29, 1.82) is 0 Å². The van der Waals surface area contributed by atoms with Crippen molar-refractivity contribution in [3.05, 3.63) is 54.6 Å². The number of hydrogen-bond donors (Lipinski definition) is 2. The van der Waals surface area contributed by atoms with Crippen LogP contribution in [0.15, 0.2) is 63.8 Å². The number of nitrogens with zero attached hydrogens (tertiary/aromatic N) is 2. The first kappa shape index (κ1) is 18.8. The summed E-state index contributed by atoms with van der Waals surface area (Å²) in [6.07, 6.45) is 2.42. The molecule has 0 aliphatic heterocycles. The summed E-state index contributed by atoms with van der Waals surface area (Å²) >= 11 is 4.64. The van der Waals surface area contributed by atoms with Crippen LogP contribution in [0.3, 0.4) is 0 Å². The SMILES string of the molecule is CSc1ccccc1NC(=O)CCSc1nnc(Nc2ccccc2)s1. The molecule has 1 amide bonds. The number of amides is 1. The quantitative estimate of drug-likeness (QED) is 0.510. The number of hydrogen-bond acceptors (Lipinski definition) is 7. The zero-order valence-corrected chi connectivity index (χ0v) is 16.6. The van der Waals surface area contributed by atoms with Crippen LogP contribution in [0.5, 0.6) is 0 Å². The van der Waals surface area contributed by atoms with Gasteiger partial charge in [0.15, 0.2) is 4.34 Å². The molecule has 2 aromatic carbocycles. The maximum Gasteiger partial charge on any atom is 0.225 e. The number of nitrogens with one attached hydrogen (secondary N) is 2. The number of carbonyl (C=O) groups is 1. The van der Waals surface area contributed by atoms with Crippen molar-refractivity contribution < 1.29 is 4.79 Å². The van der Waals surface area contributed by atoms with Gasteiger partial charge in [0.1, 0.15) is 0 Å². The van der Waals surface area contributed by atoms with Gasteiger partial charge in [-0.05, 0) is 30.5 Å². The maximum absolute atomic E-state index is 12.1. The molecule has 1 heterocycles. The average Bonchev–Trinajstić information content (AvgIpc) is 3.10. The fourth-order valence-corrected chi connectivity index (χ4v) is 4.49. The maximum atomic E-state index is 12.1. The molecule has 0 bridgehead atoms. The number of rotatable bonds is 8. The Morgan fingerprint density at radius 1 is 1.08 bits per heavy atom. The van der Waals surface area contributed by atoms with Crippen molar-refractivity contribution in [2.75, 3.05) is 22.6 Å². The van der Waals surface area contributed by atoms with Gasteiger partial charge in [0, 0.05) is 22.8 Å². The largest absolute Gasteiger partial charge is 0.330 e. The highest BCUT2D eigenvalue weighted by molar-refractivity contribution is 8.01. The molecule has 3 rings (SSSR count). The van der Waals surface area contributed by atoms with Gasteiger partial charge < -0.3 is 10.6 Å². The van der Waals surface area contributed by atoms with Gasteiger partial charge in [-0.15, -0.1) is 22.0 Å².